The van der Waals surface area contributed by atoms with Crippen molar-refractivity contribution in [1.82, 2.24) is 4.98 Å². The molecule has 202 valence electrons. The average molecular weight is 529 g/mol. The summed E-state index contributed by atoms with van der Waals surface area (Å²) >= 11 is 0. The molecule has 2 heterocycles. The lowest BCUT2D eigenvalue weighted by Gasteiger charge is -2.25. The summed E-state index contributed by atoms with van der Waals surface area (Å²) in [4.78, 5) is 44.8. The SMILES string of the molecule is CCCCCOc1ccc(/C(O)=C2\C(=O)C(=O)N(c3cccc(C(=O)OC(C)C)c3)C2c2cccnc2)cc1. The third-order valence-corrected chi connectivity index (χ3v) is 6.29. The lowest BCUT2D eigenvalue weighted by atomic mass is 9.96. The second kappa shape index (κ2) is 12.4. The number of unbranched alkanes of at least 4 members (excludes halogenated alkanes) is 2. The zero-order valence-electron chi connectivity index (χ0n) is 22.3. The van der Waals surface area contributed by atoms with Gasteiger partial charge in [-0.05, 0) is 74.4 Å². The highest BCUT2D eigenvalue weighted by molar-refractivity contribution is 6.51. The van der Waals surface area contributed by atoms with Gasteiger partial charge in [-0.3, -0.25) is 19.5 Å². The largest absolute Gasteiger partial charge is 0.507 e. The van der Waals surface area contributed by atoms with Gasteiger partial charge in [0, 0.05) is 23.6 Å². The third kappa shape index (κ3) is 6.17. The number of esters is 1. The maximum absolute atomic E-state index is 13.4. The third-order valence-electron chi connectivity index (χ3n) is 6.29. The molecular formula is C31H32N2O6. The molecule has 0 radical (unpaired) electrons. The van der Waals surface area contributed by atoms with Gasteiger partial charge in [-0.1, -0.05) is 31.9 Å². The van der Waals surface area contributed by atoms with Crippen molar-refractivity contribution in [3.8, 4) is 5.75 Å². The number of aliphatic hydroxyl groups excluding tert-OH is 1. The molecule has 1 fully saturated rings. The van der Waals surface area contributed by atoms with E-state index in [1.807, 2.05) is 0 Å². The van der Waals surface area contributed by atoms with Crippen LogP contribution in [0.1, 0.15) is 67.6 Å². The number of hydrogen-bond acceptors (Lipinski definition) is 7. The molecule has 1 aliphatic rings. The maximum atomic E-state index is 13.4. The monoisotopic (exact) mass is 528 g/mol. The van der Waals surface area contributed by atoms with Crippen LogP contribution in [0.2, 0.25) is 0 Å². The van der Waals surface area contributed by atoms with Crippen LogP contribution in [0.25, 0.3) is 5.76 Å². The number of amides is 1. The number of pyridine rings is 1. The summed E-state index contributed by atoms with van der Waals surface area (Å²) in [7, 11) is 0. The predicted octanol–water partition coefficient (Wildman–Crippen LogP) is 5.84. The zero-order chi connectivity index (χ0) is 27.9. The number of rotatable bonds is 10. The lowest BCUT2D eigenvalue weighted by molar-refractivity contribution is -0.132. The smallest absolute Gasteiger partial charge is 0.338 e. The summed E-state index contributed by atoms with van der Waals surface area (Å²) < 4.78 is 11.1. The Morgan fingerprint density at radius 3 is 2.46 bits per heavy atom. The highest BCUT2D eigenvalue weighted by Crippen LogP contribution is 2.42. The molecule has 1 saturated heterocycles. The van der Waals surface area contributed by atoms with E-state index in [0.29, 0.717) is 29.2 Å². The number of aromatic nitrogens is 1. The average Bonchev–Trinajstić information content (AvgIpc) is 3.21. The van der Waals surface area contributed by atoms with Crippen LogP contribution in [0.3, 0.4) is 0 Å². The van der Waals surface area contributed by atoms with Gasteiger partial charge in [0.1, 0.15) is 11.5 Å². The van der Waals surface area contributed by atoms with Crippen molar-refractivity contribution in [2.24, 2.45) is 0 Å². The van der Waals surface area contributed by atoms with Crippen LogP contribution >= 0.6 is 0 Å². The number of nitrogens with zero attached hydrogens (tertiary/aromatic N) is 2. The molecule has 8 heteroatoms. The van der Waals surface area contributed by atoms with Crippen LogP contribution < -0.4 is 9.64 Å². The summed E-state index contributed by atoms with van der Waals surface area (Å²) in [6, 6.07) is 15.5. The Hall–Kier alpha value is -4.46. The maximum Gasteiger partial charge on any atom is 0.338 e. The molecule has 2 aromatic carbocycles. The van der Waals surface area contributed by atoms with E-state index < -0.39 is 23.7 Å². The Morgan fingerprint density at radius 2 is 1.79 bits per heavy atom. The molecule has 4 rings (SSSR count). The van der Waals surface area contributed by atoms with Crippen LogP contribution in [0.5, 0.6) is 5.75 Å². The molecule has 1 aliphatic heterocycles. The number of carbonyl (C=O) groups excluding carboxylic acids is 3. The number of anilines is 1. The first-order valence-corrected chi connectivity index (χ1v) is 13.1. The second-order valence-electron chi connectivity index (χ2n) is 9.54. The van der Waals surface area contributed by atoms with Crippen molar-refractivity contribution >= 4 is 29.1 Å². The molecule has 1 aromatic heterocycles. The van der Waals surface area contributed by atoms with E-state index in [0.717, 1.165) is 19.3 Å². The van der Waals surface area contributed by atoms with Gasteiger partial charge in [-0.15, -0.1) is 0 Å². The number of carbonyl (C=O) groups is 3. The molecule has 0 aliphatic carbocycles. The Kier molecular flexibility index (Phi) is 8.76. The molecule has 8 nitrogen and oxygen atoms in total. The van der Waals surface area contributed by atoms with Gasteiger partial charge in [-0.2, -0.15) is 0 Å². The first-order chi connectivity index (χ1) is 18.8. The second-order valence-corrected chi connectivity index (χ2v) is 9.54. The summed E-state index contributed by atoms with van der Waals surface area (Å²) in [6.45, 7) is 6.20. The zero-order valence-corrected chi connectivity index (χ0v) is 22.3. The minimum Gasteiger partial charge on any atom is -0.507 e. The van der Waals surface area contributed by atoms with Gasteiger partial charge < -0.3 is 14.6 Å². The fourth-order valence-corrected chi connectivity index (χ4v) is 4.42. The molecule has 1 unspecified atom stereocenters. The number of aliphatic hydroxyl groups is 1. The van der Waals surface area contributed by atoms with Crippen molar-refractivity contribution < 1.29 is 29.0 Å². The van der Waals surface area contributed by atoms with E-state index in [-0.39, 0.29) is 23.0 Å². The van der Waals surface area contributed by atoms with Crippen LogP contribution in [-0.2, 0) is 14.3 Å². The molecule has 3 aromatic rings. The summed E-state index contributed by atoms with van der Waals surface area (Å²) in [5.74, 6) is -1.86. The van der Waals surface area contributed by atoms with Gasteiger partial charge in [0.15, 0.2) is 0 Å². The van der Waals surface area contributed by atoms with Gasteiger partial charge in [0.05, 0.1) is 29.9 Å². The van der Waals surface area contributed by atoms with Crippen molar-refractivity contribution in [3.63, 3.8) is 0 Å². The molecule has 1 amide bonds. The Morgan fingerprint density at radius 1 is 1.03 bits per heavy atom. The molecular weight excluding hydrogens is 496 g/mol. The van der Waals surface area contributed by atoms with E-state index in [9.17, 15) is 19.5 Å². The van der Waals surface area contributed by atoms with Gasteiger partial charge in [-0.25, -0.2) is 4.79 Å². The van der Waals surface area contributed by atoms with E-state index in [4.69, 9.17) is 9.47 Å². The van der Waals surface area contributed by atoms with Crippen LogP contribution in [0.15, 0.2) is 78.6 Å². The van der Waals surface area contributed by atoms with Crippen LogP contribution in [0.4, 0.5) is 5.69 Å². The molecule has 1 N–H and O–H groups in total. The first-order valence-electron chi connectivity index (χ1n) is 13.1. The Bertz CT molecular complexity index is 1370. The molecule has 0 saturated carbocycles. The van der Waals surface area contributed by atoms with Gasteiger partial charge in [0.2, 0.25) is 0 Å². The van der Waals surface area contributed by atoms with E-state index in [1.165, 1.54) is 11.0 Å². The summed E-state index contributed by atoms with van der Waals surface area (Å²) in [6.07, 6.45) is 5.92. The number of ether oxygens (including phenoxy) is 2. The van der Waals surface area contributed by atoms with E-state index in [1.54, 1.807) is 80.8 Å². The van der Waals surface area contributed by atoms with Crippen molar-refractivity contribution in [2.45, 2.75) is 52.2 Å². The number of hydrogen-bond donors (Lipinski definition) is 1. The quantitative estimate of drug-likeness (QED) is 0.116. The van der Waals surface area contributed by atoms with Crippen molar-refractivity contribution in [3.05, 3.63) is 95.3 Å². The Balaban J connectivity index is 1.74. The number of ketones is 1. The van der Waals surface area contributed by atoms with Crippen LogP contribution in [0, 0.1) is 0 Å². The molecule has 1 atom stereocenters. The van der Waals surface area contributed by atoms with Crippen LogP contribution in [-0.4, -0.2) is 40.5 Å². The highest BCUT2D eigenvalue weighted by atomic mass is 16.5. The fourth-order valence-electron chi connectivity index (χ4n) is 4.42. The number of Topliss-reactive ketones (excluding diaryl/α,β-unsaturated/α-hetero) is 1. The predicted molar refractivity (Wildman–Crippen MR) is 147 cm³/mol. The molecule has 0 bridgehead atoms. The normalized spacial score (nSPS) is 16.5. The van der Waals surface area contributed by atoms with Crippen molar-refractivity contribution in [1.29, 1.82) is 0 Å². The topological polar surface area (TPSA) is 106 Å². The van der Waals surface area contributed by atoms with Gasteiger partial charge >= 0.3 is 5.97 Å². The first kappa shape index (κ1) is 27.6. The summed E-state index contributed by atoms with van der Waals surface area (Å²) in [5, 5.41) is 11.3. The minimum absolute atomic E-state index is 0.0697. The van der Waals surface area contributed by atoms with Crippen molar-refractivity contribution in [2.75, 3.05) is 11.5 Å². The highest BCUT2D eigenvalue weighted by Gasteiger charge is 2.47. The molecule has 39 heavy (non-hydrogen) atoms. The number of benzene rings is 2. The Labute approximate surface area is 227 Å². The van der Waals surface area contributed by atoms with Gasteiger partial charge in [0.25, 0.3) is 11.7 Å². The fraction of sp³-hybridized carbons (Fsp3) is 0.290. The summed E-state index contributed by atoms with van der Waals surface area (Å²) in [5.41, 5.74) is 1.39. The minimum atomic E-state index is -0.958. The van der Waals surface area contributed by atoms with E-state index >= 15 is 0 Å². The van der Waals surface area contributed by atoms with E-state index in [2.05, 4.69) is 11.9 Å². The molecule has 0 spiro atoms. The standard InChI is InChI=1S/C31H32N2O6/c1-4-5-6-17-38-25-14-12-21(13-15-25)28(34)26-27(23-10-8-16-32-19-23)33(30(36)29(26)35)24-11-7-9-22(18-24)31(37)39-20(2)3/h7-16,18-20,27,34H,4-6,17H2,1-3H3/b28-26+. The lowest BCUT2D eigenvalue weighted by Crippen LogP contribution is -2.29.